The van der Waals surface area contributed by atoms with E-state index >= 15 is 0 Å². The highest BCUT2D eigenvalue weighted by Crippen LogP contribution is 2.22. The SMILES string of the molecule is CCOC(=O)c1ccc(NC(=O)C(CC(=O)O)c2ccccc2)cc1. The number of esters is 1. The third-order valence-electron chi connectivity index (χ3n) is 3.56. The van der Waals surface area contributed by atoms with Crippen LogP contribution in [0.2, 0.25) is 0 Å². The molecule has 2 rings (SSSR count). The zero-order valence-electron chi connectivity index (χ0n) is 13.8. The largest absolute Gasteiger partial charge is 0.481 e. The fraction of sp³-hybridized carbons (Fsp3) is 0.211. The standard InChI is InChI=1S/C19H19NO5/c1-2-25-19(24)14-8-10-15(11-9-14)20-18(23)16(12-17(21)22)13-6-4-3-5-7-13/h3-11,16H,2,12H2,1H3,(H,20,23)(H,21,22). The van der Waals surface area contributed by atoms with E-state index in [0.29, 0.717) is 16.8 Å². The Balaban J connectivity index is 2.12. The van der Waals surface area contributed by atoms with Gasteiger partial charge >= 0.3 is 11.9 Å². The first-order valence-electron chi connectivity index (χ1n) is 7.86. The number of hydrogen-bond acceptors (Lipinski definition) is 4. The van der Waals surface area contributed by atoms with Gasteiger partial charge in [0.25, 0.3) is 0 Å². The highest BCUT2D eigenvalue weighted by Gasteiger charge is 2.23. The summed E-state index contributed by atoms with van der Waals surface area (Å²) < 4.78 is 4.90. The molecule has 0 saturated heterocycles. The van der Waals surface area contributed by atoms with E-state index in [9.17, 15) is 14.4 Å². The molecule has 0 bridgehead atoms. The van der Waals surface area contributed by atoms with Crippen LogP contribution >= 0.6 is 0 Å². The van der Waals surface area contributed by atoms with Gasteiger partial charge in [-0.2, -0.15) is 0 Å². The summed E-state index contributed by atoms with van der Waals surface area (Å²) in [6, 6.07) is 15.0. The molecule has 0 aliphatic heterocycles. The first-order valence-corrected chi connectivity index (χ1v) is 7.86. The molecule has 2 aromatic carbocycles. The van der Waals surface area contributed by atoms with Crippen LogP contribution in [0.5, 0.6) is 0 Å². The molecule has 6 heteroatoms. The third-order valence-corrected chi connectivity index (χ3v) is 3.56. The van der Waals surface area contributed by atoms with Gasteiger partial charge in [0.05, 0.1) is 24.5 Å². The van der Waals surface area contributed by atoms with Crippen LogP contribution < -0.4 is 5.32 Å². The lowest BCUT2D eigenvalue weighted by molar-refractivity contribution is -0.139. The van der Waals surface area contributed by atoms with E-state index in [2.05, 4.69) is 5.32 Å². The number of ether oxygens (including phenoxy) is 1. The van der Waals surface area contributed by atoms with Gasteiger partial charge in [0, 0.05) is 5.69 Å². The molecule has 2 N–H and O–H groups in total. The van der Waals surface area contributed by atoms with E-state index < -0.39 is 23.8 Å². The van der Waals surface area contributed by atoms with Crippen LogP contribution in [0.25, 0.3) is 0 Å². The maximum atomic E-state index is 12.5. The quantitative estimate of drug-likeness (QED) is 0.755. The highest BCUT2D eigenvalue weighted by atomic mass is 16.5. The topological polar surface area (TPSA) is 92.7 Å². The number of hydrogen-bond donors (Lipinski definition) is 2. The van der Waals surface area contributed by atoms with Gasteiger partial charge in [0.15, 0.2) is 0 Å². The minimum atomic E-state index is -1.05. The second-order valence-electron chi connectivity index (χ2n) is 5.35. The van der Waals surface area contributed by atoms with Crippen LogP contribution in [-0.4, -0.2) is 29.6 Å². The summed E-state index contributed by atoms with van der Waals surface area (Å²) >= 11 is 0. The predicted molar refractivity (Wildman–Crippen MR) is 92.5 cm³/mol. The molecule has 1 amide bonds. The lowest BCUT2D eigenvalue weighted by Crippen LogP contribution is -2.23. The third kappa shape index (κ3) is 5.17. The molecule has 0 heterocycles. The van der Waals surface area contributed by atoms with Crippen molar-refractivity contribution >= 4 is 23.5 Å². The number of amides is 1. The molecule has 0 aliphatic carbocycles. The summed E-state index contributed by atoms with van der Waals surface area (Å²) in [5.74, 6) is -2.71. The van der Waals surface area contributed by atoms with Gasteiger partial charge in [-0.3, -0.25) is 9.59 Å². The molecular weight excluding hydrogens is 322 g/mol. The van der Waals surface area contributed by atoms with Crippen molar-refractivity contribution in [3.63, 3.8) is 0 Å². The maximum absolute atomic E-state index is 12.5. The lowest BCUT2D eigenvalue weighted by Gasteiger charge is -2.15. The summed E-state index contributed by atoms with van der Waals surface area (Å²) in [6.45, 7) is 2.00. The monoisotopic (exact) mass is 341 g/mol. The number of nitrogens with one attached hydrogen (secondary N) is 1. The molecule has 6 nitrogen and oxygen atoms in total. The van der Waals surface area contributed by atoms with Crippen molar-refractivity contribution in [2.24, 2.45) is 0 Å². The number of benzene rings is 2. The van der Waals surface area contributed by atoms with Crippen LogP contribution in [0.1, 0.15) is 35.2 Å². The second-order valence-corrected chi connectivity index (χ2v) is 5.35. The number of rotatable bonds is 7. The molecule has 25 heavy (non-hydrogen) atoms. The zero-order chi connectivity index (χ0) is 18.2. The zero-order valence-corrected chi connectivity index (χ0v) is 13.8. The van der Waals surface area contributed by atoms with E-state index in [1.807, 2.05) is 0 Å². The number of carboxylic acid groups (broad SMARTS) is 1. The van der Waals surface area contributed by atoms with Crippen molar-refractivity contribution in [1.29, 1.82) is 0 Å². The van der Waals surface area contributed by atoms with Gasteiger partial charge < -0.3 is 15.2 Å². The average molecular weight is 341 g/mol. The normalized spacial score (nSPS) is 11.4. The highest BCUT2D eigenvalue weighted by molar-refractivity contribution is 5.98. The molecule has 0 spiro atoms. The van der Waals surface area contributed by atoms with Crippen LogP contribution in [0.3, 0.4) is 0 Å². The predicted octanol–water partition coefficient (Wildman–Crippen LogP) is 3.06. The number of aliphatic carboxylic acids is 1. The molecule has 0 fully saturated rings. The van der Waals surface area contributed by atoms with Gasteiger partial charge in [0.2, 0.25) is 5.91 Å². The van der Waals surface area contributed by atoms with Gasteiger partial charge in [-0.15, -0.1) is 0 Å². The fourth-order valence-electron chi connectivity index (χ4n) is 2.36. The summed E-state index contributed by atoms with van der Waals surface area (Å²) in [5.41, 5.74) is 1.49. The Morgan fingerprint density at radius 2 is 1.68 bits per heavy atom. The Kier molecular flexibility index (Phi) is 6.28. The number of carboxylic acids is 1. The Morgan fingerprint density at radius 3 is 2.24 bits per heavy atom. The van der Waals surface area contributed by atoms with Crippen LogP contribution in [-0.2, 0) is 14.3 Å². The molecule has 130 valence electrons. The number of carbonyl (C=O) groups is 3. The molecule has 0 radical (unpaired) electrons. The van der Waals surface area contributed by atoms with E-state index in [4.69, 9.17) is 9.84 Å². The van der Waals surface area contributed by atoms with Crippen molar-refractivity contribution < 1.29 is 24.2 Å². The van der Waals surface area contributed by atoms with Crippen molar-refractivity contribution in [2.45, 2.75) is 19.3 Å². The van der Waals surface area contributed by atoms with Gasteiger partial charge in [0.1, 0.15) is 0 Å². The smallest absolute Gasteiger partial charge is 0.338 e. The minimum Gasteiger partial charge on any atom is -0.481 e. The van der Waals surface area contributed by atoms with Crippen molar-refractivity contribution in [3.05, 3.63) is 65.7 Å². The Labute approximate surface area is 145 Å². The molecule has 0 aliphatic rings. The molecule has 1 unspecified atom stereocenters. The average Bonchev–Trinajstić information content (AvgIpc) is 2.61. The molecular formula is C19H19NO5. The Bertz CT molecular complexity index is 740. The van der Waals surface area contributed by atoms with Gasteiger partial charge in [-0.25, -0.2) is 4.79 Å². The Hall–Kier alpha value is -3.15. The van der Waals surface area contributed by atoms with Crippen molar-refractivity contribution in [3.8, 4) is 0 Å². The maximum Gasteiger partial charge on any atom is 0.338 e. The summed E-state index contributed by atoms with van der Waals surface area (Å²) in [7, 11) is 0. The summed E-state index contributed by atoms with van der Waals surface area (Å²) in [6.07, 6.45) is -0.309. The van der Waals surface area contributed by atoms with E-state index in [1.165, 1.54) is 0 Å². The van der Waals surface area contributed by atoms with Crippen LogP contribution in [0.4, 0.5) is 5.69 Å². The fourth-order valence-corrected chi connectivity index (χ4v) is 2.36. The van der Waals surface area contributed by atoms with Crippen LogP contribution in [0, 0.1) is 0 Å². The number of carbonyl (C=O) groups excluding carboxylic acids is 2. The van der Waals surface area contributed by atoms with E-state index in [0.717, 1.165) is 0 Å². The van der Waals surface area contributed by atoms with E-state index in [-0.39, 0.29) is 13.0 Å². The summed E-state index contributed by atoms with van der Waals surface area (Å²) in [4.78, 5) is 35.2. The molecule has 0 saturated carbocycles. The van der Waals surface area contributed by atoms with Gasteiger partial charge in [-0.05, 0) is 36.8 Å². The molecule has 0 aromatic heterocycles. The van der Waals surface area contributed by atoms with Crippen molar-refractivity contribution in [1.82, 2.24) is 0 Å². The molecule has 2 aromatic rings. The van der Waals surface area contributed by atoms with Crippen molar-refractivity contribution in [2.75, 3.05) is 11.9 Å². The number of anilines is 1. The first-order chi connectivity index (χ1) is 12.0. The first kappa shape index (κ1) is 18.2. The van der Waals surface area contributed by atoms with Crippen LogP contribution in [0.15, 0.2) is 54.6 Å². The van der Waals surface area contributed by atoms with Gasteiger partial charge in [-0.1, -0.05) is 30.3 Å². The lowest BCUT2D eigenvalue weighted by atomic mass is 9.94. The molecule has 1 atom stereocenters. The minimum absolute atomic E-state index is 0.283. The Morgan fingerprint density at radius 1 is 1.04 bits per heavy atom. The summed E-state index contributed by atoms with van der Waals surface area (Å²) in [5, 5.41) is 11.8. The second kappa shape index (κ2) is 8.63. The van der Waals surface area contributed by atoms with E-state index in [1.54, 1.807) is 61.5 Å².